The first-order valence-electron chi connectivity index (χ1n) is 9.61. The molecule has 27 heavy (non-hydrogen) atoms. The molecule has 5 rings (SSSR count). The summed E-state index contributed by atoms with van der Waals surface area (Å²) >= 11 is 0. The summed E-state index contributed by atoms with van der Waals surface area (Å²) < 4.78 is 5.53. The van der Waals surface area contributed by atoms with Gasteiger partial charge in [0, 0.05) is 36.7 Å². The predicted octanol–water partition coefficient (Wildman–Crippen LogP) is 2.29. The molecule has 1 N–H and O–H groups in total. The molecule has 0 radical (unpaired) electrons. The molecule has 1 aromatic carbocycles. The van der Waals surface area contributed by atoms with Crippen LogP contribution in [0.25, 0.3) is 10.9 Å². The van der Waals surface area contributed by atoms with Gasteiger partial charge in [-0.05, 0) is 37.3 Å². The fourth-order valence-corrected chi connectivity index (χ4v) is 5.07. The Morgan fingerprint density at radius 1 is 1.26 bits per heavy atom. The Kier molecular flexibility index (Phi) is 3.72. The zero-order valence-electron chi connectivity index (χ0n) is 15.1. The molecule has 6 heteroatoms. The monoisotopic (exact) mass is 366 g/mol. The molecule has 140 valence electrons. The third-order valence-corrected chi connectivity index (χ3v) is 6.55. The van der Waals surface area contributed by atoms with E-state index in [1.807, 2.05) is 24.3 Å². The van der Waals surface area contributed by atoms with Crippen molar-refractivity contribution < 1.29 is 19.4 Å². The van der Waals surface area contributed by atoms with Crippen LogP contribution in [0.2, 0.25) is 0 Å². The molecule has 1 aliphatic carbocycles. The van der Waals surface area contributed by atoms with Crippen LogP contribution in [0.5, 0.6) is 0 Å². The number of likely N-dealkylation sites (tertiary alicyclic amines) is 1. The van der Waals surface area contributed by atoms with Gasteiger partial charge < -0.3 is 14.7 Å². The van der Waals surface area contributed by atoms with E-state index < -0.39 is 11.4 Å². The van der Waals surface area contributed by atoms with Crippen LogP contribution in [0.15, 0.2) is 24.3 Å². The van der Waals surface area contributed by atoms with E-state index in [0.717, 1.165) is 47.0 Å². The van der Waals surface area contributed by atoms with Crippen LogP contribution >= 0.6 is 0 Å². The van der Waals surface area contributed by atoms with Gasteiger partial charge in [0.2, 0.25) is 0 Å². The van der Waals surface area contributed by atoms with Crippen LogP contribution in [0.4, 0.5) is 0 Å². The van der Waals surface area contributed by atoms with Crippen LogP contribution in [0.3, 0.4) is 0 Å². The van der Waals surface area contributed by atoms with Gasteiger partial charge in [-0.25, -0.2) is 0 Å². The minimum absolute atomic E-state index is 0.0539. The van der Waals surface area contributed by atoms with Crippen LogP contribution in [0.1, 0.15) is 34.5 Å². The molecule has 0 saturated carbocycles. The Labute approximate surface area is 157 Å². The second-order valence-corrected chi connectivity index (χ2v) is 7.95. The maximum Gasteiger partial charge on any atom is 0.311 e. The molecule has 2 aliphatic heterocycles. The Morgan fingerprint density at radius 2 is 2.11 bits per heavy atom. The molecule has 1 aromatic heterocycles. The summed E-state index contributed by atoms with van der Waals surface area (Å²) in [5, 5.41) is 10.8. The minimum Gasteiger partial charge on any atom is -0.481 e. The number of carboxylic acid groups (broad SMARTS) is 1. The average Bonchev–Trinajstić information content (AvgIpc) is 3.30. The van der Waals surface area contributed by atoms with Gasteiger partial charge in [-0.2, -0.15) is 0 Å². The average molecular weight is 366 g/mol. The number of nitrogens with zero attached hydrogens (tertiary/aromatic N) is 2. The van der Waals surface area contributed by atoms with Crippen LogP contribution in [-0.2, 0) is 22.4 Å². The standard InChI is InChI=1S/C21H22N2O4/c24-19(23-10-13-11-27-9-8-21(13,12-23)20(25)26)18-14-4-1-2-6-16(14)22-17-7-3-5-15(17)18/h1-2,4,6,13H,3,5,7-12H2,(H,25,26)/t13-,21+/m0/s1. The van der Waals surface area contributed by atoms with Crippen molar-refractivity contribution in [2.45, 2.75) is 25.7 Å². The number of aryl methyl sites for hydroxylation is 1. The number of carbonyl (C=O) groups is 2. The third kappa shape index (κ3) is 2.39. The summed E-state index contributed by atoms with van der Waals surface area (Å²) in [4.78, 5) is 32.2. The first kappa shape index (κ1) is 16.7. The van der Waals surface area contributed by atoms with Gasteiger partial charge in [-0.1, -0.05) is 18.2 Å². The van der Waals surface area contributed by atoms with Gasteiger partial charge in [0.1, 0.15) is 0 Å². The first-order chi connectivity index (χ1) is 13.1. The Morgan fingerprint density at radius 3 is 2.93 bits per heavy atom. The van der Waals surface area contributed by atoms with Crippen molar-refractivity contribution in [3.63, 3.8) is 0 Å². The molecule has 0 bridgehead atoms. The summed E-state index contributed by atoms with van der Waals surface area (Å²) in [5.41, 5.74) is 2.77. The minimum atomic E-state index is -0.875. The number of hydrogen-bond donors (Lipinski definition) is 1. The largest absolute Gasteiger partial charge is 0.481 e. The molecule has 0 spiro atoms. The van der Waals surface area contributed by atoms with E-state index >= 15 is 0 Å². The van der Waals surface area contributed by atoms with E-state index in [9.17, 15) is 14.7 Å². The number of carbonyl (C=O) groups excluding carboxylic acids is 1. The van der Waals surface area contributed by atoms with E-state index in [1.54, 1.807) is 4.90 Å². The van der Waals surface area contributed by atoms with E-state index in [0.29, 0.717) is 26.2 Å². The summed E-state index contributed by atoms with van der Waals surface area (Å²) in [6, 6.07) is 7.76. The van der Waals surface area contributed by atoms with Crippen LogP contribution in [-0.4, -0.2) is 53.2 Å². The number of carboxylic acids is 1. The smallest absolute Gasteiger partial charge is 0.311 e. The Balaban J connectivity index is 1.59. The van der Waals surface area contributed by atoms with E-state index in [2.05, 4.69) is 0 Å². The lowest BCUT2D eigenvalue weighted by Gasteiger charge is -2.33. The fourth-order valence-electron chi connectivity index (χ4n) is 5.07. The Bertz CT molecular complexity index is 957. The number of hydrogen-bond acceptors (Lipinski definition) is 4. The number of ether oxygens (including phenoxy) is 1. The second kappa shape index (κ2) is 6.02. The summed E-state index contributed by atoms with van der Waals surface area (Å²) in [6.45, 7) is 1.56. The number of rotatable bonds is 2. The van der Waals surface area contributed by atoms with Gasteiger partial charge in [0.25, 0.3) is 5.91 Å². The molecule has 2 aromatic rings. The number of amides is 1. The topological polar surface area (TPSA) is 79.7 Å². The highest BCUT2D eigenvalue weighted by Crippen LogP contribution is 2.43. The maximum atomic E-state index is 13.6. The van der Waals surface area contributed by atoms with Gasteiger partial charge in [0.05, 0.1) is 23.1 Å². The number of pyridine rings is 1. The molecule has 6 nitrogen and oxygen atoms in total. The van der Waals surface area contributed by atoms with E-state index in [-0.39, 0.29) is 18.4 Å². The normalized spacial score (nSPS) is 26.8. The molecule has 2 fully saturated rings. The molecular weight excluding hydrogens is 344 g/mol. The number of para-hydroxylation sites is 1. The van der Waals surface area contributed by atoms with Crippen LogP contribution in [0, 0.1) is 11.3 Å². The highest BCUT2D eigenvalue weighted by Gasteiger charge is 2.55. The number of aromatic nitrogens is 1. The van der Waals surface area contributed by atoms with Crippen molar-refractivity contribution in [1.82, 2.24) is 9.88 Å². The summed E-state index contributed by atoms with van der Waals surface area (Å²) in [6.07, 6.45) is 3.23. The SMILES string of the molecule is O=C(c1c2c(nc3ccccc13)CCC2)N1C[C@H]2COCC[C@@]2(C(=O)O)C1. The van der Waals surface area contributed by atoms with Crippen LogP contribution < -0.4 is 0 Å². The highest BCUT2D eigenvalue weighted by molar-refractivity contribution is 6.08. The number of fused-ring (bicyclic) bond motifs is 3. The fraction of sp³-hybridized carbons (Fsp3) is 0.476. The molecule has 1 amide bonds. The summed E-state index contributed by atoms with van der Waals surface area (Å²) in [7, 11) is 0. The third-order valence-electron chi connectivity index (χ3n) is 6.55. The number of benzene rings is 1. The lowest BCUT2D eigenvalue weighted by Crippen LogP contribution is -2.45. The predicted molar refractivity (Wildman–Crippen MR) is 98.7 cm³/mol. The highest BCUT2D eigenvalue weighted by atomic mass is 16.5. The van der Waals surface area contributed by atoms with Crippen molar-refractivity contribution in [3.05, 3.63) is 41.1 Å². The molecule has 0 unspecified atom stereocenters. The van der Waals surface area contributed by atoms with Crippen molar-refractivity contribution in [3.8, 4) is 0 Å². The van der Waals surface area contributed by atoms with Gasteiger partial charge in [-0.15, -0.1) is 0 Å². The van der Waals surface area contributed by atoms with Crippen molar-refractivity contribution in [2.24, 2.45) is 11.3 Å². The first-order valence-corrected chi connectivity index (χ1v) is 9.61. The molecule has 3 aliphatic rings. The van der Waals surface area contributed by atoms with Crippen molar-refractivity contribution >= 4 is 22.8 Å². The molecule has 3 heterocycles. The quantitative estimate of drug-likeness (QED) is 0.882. The molecule has 2 atom stereocenters. The van der Waals surface area contributed by atoms with Crippen molar-refractivity contribution in [2.75, 3.05) is 26.3 Å². The summed E-state index contributed by atoms with van der Waals surface area (Å²) in [5.74, 6) is -1.01. The van der Waals surface area contributed by atoms with Gasteiger partial charge in [-0.3, -0.25) is 14.6 Å². The zero-order valence-corrected chi connectivity index (χ0v) is 15.1. The van der Waals surface area contributed by atoms with Gasteiger partial charge in [0.15, 0.2) is 0 Å². The maximum absolute atomic E-state index is 13.6. The Hall–Kier alpha value is -2.47. The van der Waals surface area contributed by atoms with E-state index in [4.69, 9.17) is 9.72 Å². The zero-order chi connectivity index (χ0) is 18.6. The van der Waals surface area contributed by atoms with E-state index in [1.165, 1.54) is 0 Å². The van der Waals surface area contributed by atoms with Crippen molar-refractivity contribution in [1.29, 1.82) is 0 Å². The molecule has 2 saturated heterocycles. The number of aliphatic carboxylic acids is 1. The lowest BCUT2D eigenvalue weighted by molar-refractivity contribution is -0.157. The second-order valence-electron chi connectivity index (χ2n) is 7.95. The van der Waals surface area contributed by atoms with Gasteiger partial charge >= 0.3 is 5.97 Å². The molecular formula is C21H22N2O4. The lowest BCUT2D eigenvalue weighted by atomic mass is 9.74.